The van der Waals surface area contributed by atoms with Crippen molar-refractivity contribution in [3.05, 3.63) is 24.0 Å². The van der Waals surface area contributed by atoms with E-state index < -0.39 is 0 Å². The molecule has 1 aromatic heterocycles. The largest absolute Gasteiger partial charge is 0.495 e. The van der Waals surface area contributed by atoms with Crippen LogP contribution in [0.5, 0.6) is 5.75 Å². The van der Waals surface area contributed by atoms with Crippen molar-refractivity contribution in [1.29, 1.82) is 0 Å². The molecule has 1 aliphatic carbocycles. The lowest BCUT2D eigenvalue weighted by Crippen LogP contribution is -2.51. The fraction of sp³-hybridized carbons (Fsp3) is 0.688. The Hall–Kier alpha value is -1.17. The van der Waals surface area contributed by atoms with Gasteiger partial charge < -0.3 is 9.47 Å². The molecule has 0 bridgehead atoms. The van der Waals surface area contributed by atoms with E-state index in [1.165, 1.54) is 0 Å². The Kier molecular flexibility index (Phi) is 4.86. The zero-order valence-electron chi connectivity index (χ0n) is 13.5. The molecule has 1 fully saturated rings. The number of aromatic nitrogens is 1. The number of hydrogen-bond acceptors (Lipinski definition) is 5. The van der Waals surface area contributed by atoms with Crippen molar-refractivity contribution in [1.82, 2.24) is 10.4 Å². The minimum atomic E-state index is -0.293. The van der Waals surface area contributed by atoms with Gasteiger partial charge in [-0.3, -0.25) is 16.3 Å². The van der Waals surface area contributed by atoms with Gasteiger partial charge in [-0.25, -0.2) is 0 Å². The molecule has 0 spiro atoms. The summed E-state index contributed by atoms with van der Waals surface area (Å²) in [7, 11) is 3.41. The fourth-order valence-corrected chi connectivity index (χ4v) is 3.22. The maximum absolute atomic E-state index is 5.94. The van der Waals surface area contributed by atoms with Gasteiger partial charge in [0.25, 0.3) is 0 Å². The van der Waals surface area contributed by atoms with Crippen LogP contribution in [0.25, 0.3) is 0 Å². The number of nitrogens with zero attached hydrogens (tertiary/aromatic N) is 1. The highest BCUT2D eigenvalue weighted by atomic mass is 16.5. The third kappa shape index (κ3) is 3.36. The van der Waals surface area contributed by atoms with E-state index in [9.17, 15) is 0 Å². The van der Waals surface area contributed by atoms with Gasteiger partial charge in [-0.2, -0.15) is 0 Å². The van der Waals surface area contributed by atoms with Crippen molar-refractivity contribution in [2.45, 2.75) is 51.2 Å². The van der Waals surface area contributed by atoms with Crippen molar-refractivity contribution in [2.24, 2.45) is 11.3 Å². The maximum atomic E-state index is 5.94. The first kappa shape index (κ1) is 16.2. The third-order valence-electron chi connectivity index (χ3n) is 4.85. The van der Waals surface area contributed by atoms with Crippen molar-refractivity contribution in [3.63, 3.8) is 0 Å². The van der Waals surface area contributed by atoms with E-state index in [-0.39, 0.29) is 11.6 Å². The van der Waals surface area contributed by atoms with Gasteiger partial charge in [0.15, 0.2) is 0 Å². The summed E-state index contributed by atoms with van der Waals surface area (Å²) in [6.45, 7) is 4.62. The lowest BCUT2D eigenvalue weighted by atomic mass is 9.67. The molecular weight excluding hydrogens is 266 g/mol. The van der Waals surface area contributed by atoms with Crippen molar-refractivity contribution in [3.8, 4) is 5.75 Å². The summed E-state index contributed by atoms with van der Waals surface area (Å²) in [4.78, 5) is 4.24. The molecule has 0 saturated heterocycles. The molecular formula is C16H27N3O2. The quantitative estimate of drug-likeness (QED) is 0.645. The zero-order chi connectivity index (χ0) is 15.5. The third-order valence-corrected chi connectivity index (χ3v) is 4.85. The average Bonchev–Trinajstić information content (AvgIpc) is 2.50. The van der Waals surface area contributed by atoms with Gasteiger partial charge in [0, 0.05) is 13.3 Å². The van der Waals surface area contributed by atoms with E-state index in [2.05, 4.69) is 24.3 Å². The molecule has 1 aliphatic rings. The predicted molar refractivity (Wildman–Crippen MR) is 82.8 cm³/mol. The molecule has 1 unspecified atom stereocenters. The molecule has 21 heavy (non-hydrogen) atoms. The Morgan fingerprint density at radius 3 is 2.38 bits per heavy atom. The summed E-state index contributed by atoms with van der Waals surface area (Å²) in [5.41, 5.74) is 4.01. The molecule has 5 heteroatoms. The highest BCUT2D eigenvalue weighted by Crippen LogP contribution is 2.47. The second kappa shape index (κ2) is 6.30. The summed E-state index contributed by atoms with van der Waals surface area (Å²) in [5.74, 6) is 6.59. The normalized spacial score (nSPS) is 21.8. The Morgan fingerprint density at radius 1 is 1.19 bits per heavy atom. The number of pyridine rings is 1. The highest BCUT2D eigenvalue weighted by molar-refractivity contribution is 5.28. The van der Waals surface area contributed by atoms with E-state index >= 15 is 0 Å². The second-order valence-electron chi connectivity index (χ2n) is 6.69. The van der Waals surface area contributed by atoms with Gasteiger partial charge in [-0.05, 0) is 42.7 Å². The predicted octanol–water partition coefficient (Wildman–Crippen LogP) is 2.58. The van der Waals surface area contributed by atoms with Gasteiger partial charge in [-0.1, -0.05) is 13.8 Å². The smallest absolute Gasteiger partial charge is 0.137 e. The molecule has 0 aromatic carbocycles. The first-order chi connectivity index (χ1) is 9.96. The number of nitrogens with two attached hydrogens (primary N) is 1. The fourth-order valence-electron chi connectivity index (χ4n) is 3.22. The van der Waals surface area contributed by atoms with Crippen LogP contribution in [0, 0.1) is 5.41 Å². The van der Waals surface area contributed by atoms with Crippen molar-refractivity contribution in [2.75, 3.05) is 14.2 Å². The van der Waals surface area contributed by atoms with Crippen molar-refractivity contribution >= 4 is 0 Å². The van der Waals surface area contributed by atoms with Gasteiger partial charge in [-0.15, -0.1) is 0 Å². The van der Waals surface area contributed by atoms with Crippen LogP contribution in [0.4, 0.5) is 0 Å². The van der Waals surface area contributed by atoms with E-state index in [0.717, 1.165) is 37.0 Å². The van der Waals surface area contributed by atoms with Crippen LogP contribution in [0.15, 0.2) is 18.5 Å². The minimum Gasteiger partial charge on any atom is -0.495 e. The van der Waals surface area contributed by atoms with Gasteiger partial charge in [0.05, 0.1) is 24.9 Å². The van der Waals surface area contributed by atoms with E-state index in [4.69, 9.17) is 15.3 Å². The van der Waals surface area contributed by atoms with Crippen LogP contribution < -0.4 is 16.0 Å². The summed E-state index contributed by atoms with van der Waals surface area (Å²) < 4.78 is 11.2. The maximum Gasteiger partial charge on any atom is 0.137 e. The number of rotatable bonds is 5. The lowest BCUT2D eigenvalue weighted by Gasteiger charge is -2.46. The van der Waals surface area contributed by atoms with Crippen LogP contribution in [-0.4, -0.2) is 24.8 Å². The van der Waals surface area contributed by atoms with Gasteiger partial charge in [0.1, 0.15) is 5.75 Å². The molecule has 5 nitrogen and oxygen atoms in total. The monoisotopic (exact) mass is 293 g/mol. The first-order valence-electron chi connectivity index (χ1n) is 7.46. The highest BCUT2D eigenvalue weighted by Gasteiger charge is 2.44. The van der Waals surface area contributed by atoms with Crippen LogP contribution in [0.3, 0.4) is 0 Å². The molecule has 3 N–H and O–H groups in total. The van der Waals surface area contributed by atoms with Crippen LogP contribution in [0.2, 0.25) is 0 Å². The second-order valence-corrected chi connectivity index (χ2v) is 6.69. The summed E-state index contributed by atoms with van der Waals surface area (Å²) >= 11 is 0. The average molecular weight is 293 g/mol. The SMILES string of the molecule is COc1cncc(C(NN)C2(OC)CCC(C)(C)CC2)c1. The Morgan fingerprint density at radius 2 is 1.86 bits per heavy atom. The van der Waals surface area contributed by atoms with Gasteiger partial charge >= 0.3 is 0 Å². The number of hydrazine groups is 1. The van der Waals surface area contributed by atoms with E-state index in [1.54, 1.807) is 20.4 Å². The molecule has 0 aliphatic heterocycles. The molecule has 1 aromatic rings. The standard InChI is InChI=1S/C16H27N3O2/c1-15(2)5-7-16(21-4,8-6-15)14(19-17)12-9-13(20-3)11-18-10-12/h9-11,14,19H,5-8,17H2,1-4H3. The molecule has 1 saturated carbocycles. The molecule has 0 radical (unpaired) electrons. The Balaban J connectivity index is 2.29. The zero-order valence-corrected chi connectivity index (χ0v) is 13.5. The topological polar surface area (TPSA) is 69.4 Å². The van der Waals surface area contributed by atoms with Crippen molar-refractivity contribution < 1.29 is 9.47 Å². The van der Waals surface area contributed by atoms with Gasteiger partial charge in [0.2, 0.25) is 0 Å². The van der Waals surface area contributed by atoms with Crippen LogP contribution in [0.1, 0.15) is 51.1 Å². The van der Waals surface area contributed by atoms with Crippen LogP contribution in [-0.2, 0) is 4.74 Å². The van der Waals surface area contributed by atoms with Crippen LogP contribution >= 0.6 is 0 Å². The van der Waals surface area contributed by atoms with E-state index in [0.29, 0.717) is 5.41 Å². The Labute approximate surface area is 127 Å². The molecule has 1 heterocycles. The first-order valence-corrected chi connectivity index (χ1v) is 7.46. The summed E-state index contributed by atoms with van der Waals surface area (Å²) in [6.07, 6.45) is 7.71. The Bertz CT molecular complexity index is 466. The number of nitrogens with one attached hydrogen (secondary N) is 1. The summed E-state index contributed by atoms with van der Waals surface area (Å²) in [6, 6.07) is 1.87. The molecule has 0 amide bonds. The molecule has 2 rings (SSSR count). The lowest BCUT2D eigenvalue weighted by molar-refractivity contribution is -0.0878. The molecule has 118 valence electrons. The number of ether oxygens (including phenoxy) is 2. The number of methoxy groups -OCH3 is 2. The summed E-state index contributed by atoms with van der Waals surface area (Å²) in [5, 5.41) is 0. The minimum absolute atomic E-state index is 0.0961. The number of hydrogen-bond donors (Lipinski definition) is 2. The van der Waals surface area contributed by atoms with E-state index in [1.807, 2.05) is 12.3 Å². The molecule has 1 atom stereocenters.